The Bertz CT molecular complexity index is 431. The molecule has 1 heterocycles. The molecule has 6 heteroatoms. The van der Waals surface area contributed by atoms with E-state index in [0.29, 0.717) is 0 Å². The largest absolute Gasteiger partial charge is 0.380 e. The number of nitro groups is 1. The number of halogens is 1. The minimum Gasteiger partial charge on any atom is -0.380 e. The Labute approximate surface area is 105 Å². The molecular weight excluding hydrogens is 237 g/mol. The molecular formula is C12H16FN3O2. The molecule has 1 aliphatic rings. The highest BCUT2D eigenvalue weighted by molar-refractivity contribution is 5.52. The molecule has 1 aromatic carbocycles. The molecule has 1 aromatic rings. The fourth-order valence-corrected chi connectivity index (χ4v) is 2.12. The van der Waals surface area contributed by atoms with Gasteiger partial charge in [-0.15, -0.1) is 0 Å². The number of anilines is 1. The van der Waals surface area contributed by atoms with Gasteiger partial charge in [0.1, 0.15) is 5.82 Å². The van der Waals surface area contributed by atoms with Crippen LogP contribution in [0.1, 0.15) is 19.3 Å². The molecule has 0 spiro atoms. The predicted molar refractivity (Wildman–Crippen MR) is 67.2 cm³/mol. The SMILES string of the molecule is O=[N+]([O-])c1ccc(F)c(NC2CCCNCC2)c1. The van der Waals surface area contributed by atoms with E-state index in [-0.39, 0.29) is 17.4 Å². The summed E-state index contributed by atoms with van der Waals surface area (Å²) >= 11 is 0. The number of hydrogen-bond donors (Lipinski definition) is 2. The lowest BCUT2D eigenvalue weighted by Gasteiger charge is -2.17. The Morgan fingerprint density at radius 2 is 2.22 bits per heavy atom. The summed E-state index contributed by atoms with van der Waals surface area (Å²) in [5, 5.41) is 17.0. The van der Waals surface area contributed by atoms with Crippen molar-refractivity contribution in [2.75, 3.05) is 18.4 Å². The van der Waals surface area contributed by atoms with Gasteiger partial charge in [-0.1, -0.05) is 0 Å². The molecule has 1 saturated heterocycles. The Hall–Kier alpha value is -1.69. The maximum Gasteiger partial charge on any atom is 0.271 e. The number of nitrogens with one attached hydrogen (secondary N) is 2. The van der Waals surface area contributed by atoms with Gasteiger partial charge < -0.3 is 10.6 Å². The van der Waals surface area contributed by atoms with Gasteiger partial charge in [-0.25, -0.2) is 4.39 Å². The summed E-state index contributed by atoms with van der Waals surface area (Å²) < 4.78 is 13.6. The van der Waals surface area contributed by atoms with Gasteiger partial charge in [-0.2, -0.15) is 0 Å². The lowest BCUT2D eigenvalue weighted by Crippen LogP contribution is -2.22. The van der Waals surface area contributed by atoms with Crippen LogP contribution in [0.5, 0.6) is 0 Å². The normalized spacial score (nSPS) is 20.2. The first kappa shape index (κ1) is 12.8. The highest BCUT2D eigenvalue weighted by Crippen LogP contribution is 2.23. The Morgan fingerprint density at radius 1 is 1.39 bits per heavy atom. The lowest BCUT2D eigenvalue weighted by molar-refractivity contribution is -0.384. The smallest absolute Gasteiger partial charge is 0.271 e. The van der Waals surface area contributed by atoms with Gasteiger partial charge in [0, 0.05) is 18.2 Å². The number of rotatable bonds is 3. The Balaban J connectivity index is 2.11. The molecule has 0 bridgehead atoms. The van der Waals surface area contributed by atoms with Crippen LogP contribution in [0.25, 0.3) is 0 Å². The monoisotopic (exact) mass is 253 g/mol. The predicted octanol–water partition coefficient (Wildman–Crippen LogP) is 2.29. The van der Waals surface area contributed by atoms with Crippen LogP contribution in [-0.4, -0.2) is 24.1 Å². The third-order valence-electron chi connectivity index (χ3n) is 3.10. The minimum atomic E-state index is -0.515. The molecule has 0 aromatic heterocycles. The number of nitrogens with zero attached hydrogens (tertiary/aromatic N) is 1. The van der Waals surface area contributed by atoms with Crippen molar-refractivity contribution in [1.29, 1.82) is 0 Å². The standard InChI is InChI=1S/C12H16FN3O2/c13-11-4-3-10(16(17)18)8-12(11)15-9-2-1-6-14-7-5-9/h3-4,8-9,14-15H,1-2,5-7H2. The molecule has 2 rings (SSSR count). The molecule has 0 radical (unpaired) electrons. The van der Waals surface area contributed by atoms with E-state index in [2.05, 4.69) is 10.6 Å². The van der Waals surface area contributed by atoms with E-state index in [1.54, 1.807) is 0 Å². The van der Waals surface area contributed by atoms with Crippen LogP contribution in [0.4, 0.5) is 15.8 Å². The Morgan fingerprint density at radius 3 is 3.00 bits per heavy atom. The van der Waals surface area contributed by atoms with E-state index >= 15 is 0 Å². The zero-order valence-corrected chi connectivity index (χ0v) is 9.99. The molecule has 1 fully saturated rings. The fourth-order valence-electron chi connectivity index (χ4n) is 2.12. The van der Waals surface area contributed by atoms with Crippen molar-refractivity contribution in [3.63, 3.8) is 0 Å². The quantitative estimate of drug-likeness (QED) is 0.640. The van der Waals surface area contributed by atoms with E-state index in [0.717, 1.165) is 38.4 Å². The third kappa shape index (κ3) is 3.16. The summed E-state index contributed by atoms with van der Waals surface area (Å²) in [7, 11) is 0. The molecule has 1 unspecified atom stereocenters. The fraction of sp³-hybridized carbons (Fsp3) is 0.500. The highest BCUT2D eigenvalue weighted by Gasteiger charge is 2.16. The van der Waals surface area contributed by atoms with Crippen LogP contribution in [-0.2, 0) is 0 Å². The molecule has 1 atom stereocenters. The average Bonchev–Trinajstić information content (AvgIpc) is 2.60. The molecule has 0 amide bonds. The van der Waals surface area contributed by atoms with Gasteiger partial charge in [0.25, 0.3) is 5.69 Å². The van der Waals surface area contributed by atoms with Gasteiger partial charge in [-0.05, 0) is 38.4 Å². The van der Waals surface area contributed by atoms with Crippen molar-refractivity contribution in [2.24, 2.45) is 0 Å². The van der Waals surface area contributed by atoms with Crippen LogP contribution in [0, 0.1) is 15.9 Å². The molecule has 0 saturated carbocycles. The van der Waals surface area contributed by atoms with Crippen molar-refractivity contribution in [2.45, 2.75) is 25.3 Å². The van der Waals surface area contributed by atoms with Crippen molar-refractivity contribution < 1.29 is 9.31 Å². The van der Waals surface area contributed by atoms with Crippen LogP contribution in [0.2, 0.25) is 0 Å². The van der Waals surface area contributed by atoms with Crippen molar-refractivity contribution in [3.05, 3.63) is 34.1 Å². The van der Waals surface area contributed by atoms with Crippen molar-refractivity contribution in [3.8, 4) is 0 Å². The van der Waals surface area contributed by atoms with Gasteiger partial charge >= 0.3 is 0 Å². The zero-order chi connectivity index (χ0) is 13.0. The number of nitro benzene ring substituents is 1. The molecule has 2 N–H and O–H groups in total. The van der Waals surface area contributed by atoms with Gasteiger partial charge in [0.2, 0.25) is 0 Å². The summed E-state index contributed by atoms with van der Waals surface area (Å²) in [6.45, 7) is 1.85. The van der Waals surface area contributed by atoms with Crippen LogP contribution in [0.3, 0.4) is 0 Å². The first-order valence-corrected chi connectivity index (χ1v) is 6.08. The summed E-state index contributed by atoms with van der Waals surface area (Å²) in [6.07, 6.45) is 2.85. The van der Waals surface area contributed by atoms with Gasteiger partial charge in [-0.3, -0.25) is 10.1 Å². The van der Waals surface area contributed by atoms with Crippen LogP contribution < -0.4 is 10.6 Å². The third-order valence-corrected chi connectivity index (χ3v) is 3.10. The highest BCUT2D eigenvalue weighted by atomic mass is 19.1. The van der Waals surface area contributed by atoms with Crippen LogP contribution in [0.15, 0.2) is 18.2 Å². The van der Waals surface area contributed by atoms with E-state index < -0.39 is 10.7 Å². The van der Waals surface area contributed by atoms with Gasteiger partial charge in [0.15, 0.2) is 0 Å². The maximum atomic E-state index is 13.6. The second-order valence-electron chi connectivity index (χ2n) is 4.44. The number of benzene rings is 1. The van der Waals surface area contributed by atoms with E-state index in [9.17, 15) is 14.5 Å². The van der Waals surface area contributed by atoms with Crippen molar-refractivity contribution in [1.82, 2.24) is 5.32 Å². The number of non-ortho nitro benzene ring substituents is 1. The summed E-state index contributed by atoms with van der Waals surface area (Å²) in [5.41, 5.74) is 0.127. The summed E-state index contributed by atoms with van der Waals surface area (Å²) in [5.74, 6) is -0.446. The van der Waals surface area contributed by atoms with Gasteiger partial charge in [0.05, 0.1) is 10.6 Å². The number of hydrogen-bond acceptors (Lipinski definition) is 4. The second kappa shape index (κ2) is 5.77. The zero-order valence-electron chi connectivity index (χ0n) is 9.99. The first-order chi connectivity index (χ1) is 8.66. The molecule has 0 aliphatic carbocycles. The summed E-state index contributed by atoms with van der Waals surface area (Å²) in [4.78, 5) is 10.1. The Kier molecular flexibility index (Phi) is 4.09. The van der Waals surface area contributed by atoms with Crippen LogP contribution >= 0.6 is 0 Å². The molecule has 1 aliphatic heterocycles. The first-order valence-electron chi connectivity index (χ1n) is 6.08. The summed E-state index contributed by atoms with van der Waals surface area (Å²) in [6, 6.07) is 3.73. The van der Waals surface area contributed by atoms with E-state index in [1.165, 1.54) is 12.1 Å². The topological polar surface area (TPSA) is 67.2 Å². The minimum absolute atomic E-state index is 0.0920. The maximum absolute atomic E-state index is 13.6. The molecule has 98 valence electrons. The van der Waals surface area contributed by atoms with E-state index in [1.807, 2.05) is 0 Å². The molecule has 5 nitrogen and oxygen atoms in total. The lowest BCUT2D eigenvalue weighted by atomic mass is 10.1. The van der Waals surface area contributed by atoms with E-state index in [4.69, 9.17) is 0 Å². The molecule has 18 heavy (non-hydrogen) atoms. The van der Waals surface area contributed by atoms with Crippen molar-refractivity contribution >= 4 is 11.4 Å². The average molecular weight is 253 g/mol. The second-order valence-corrected chi connectivity index (χ2v) is 4.44.